The Morgan fingerprint density at radius 1 is 0.600 bits per heavy atom. The third-order valence-corrected chi connectivity index (χ3v) is 5.07. The number of fused-ring (bicyclic) bond motifs is 8. The Morgan fingerprint density at radius 2 is 1.06 bits per heavy atom. The van der Waals surface area contributed by atoms with E-state index >= 15 is 0 Å². The molecule has 8 bridgehead atoms. The maximum Gasteiger partial charge on any atom is 0.208 e. The van der Waals surface area contributed by atoms with Crippen LogP contribution in [0.4, 0.5) is 0 Å². The van der Waals surface area contributed by atoms with Crippen molar-refractivity contribution in [2.45, 2.75) is 0 Å². The third-order valence-electron chi connectivity index (χ3n) is 5.07. The largest absolute Gasteiger partial charge is 0.355 e. The first-order valence-corrected chi connectivity index (χ1v) is 10.4. The van der Waals surface area contributed by atoms with Crippen molar-refractivity contribution in [1.82, 2.24) is 19.9 Å². The van der Waals surface area contributed by atoms with E-state index in [-0.39, 0.29) is 28.5 Å². The van der Waals surface area contributed by atoms with Crippen molar-refractivity contribution >= 4 is 57.9 Å². The van der Waals surface area contributed by atoms with Crippen molar-refractivity contribution in [1.29, 1.82) is 0 Å². The number of nitroso groups, excluding NO2 is 1. The molecule has 5 heterocycles. The van der Waals surface area contributed by atoms with Gasteiger partial charge < -0.3 is 9.97 Å². The number of rotatable bonds is 1. The molecule has 3 aliphatic rings. The van der Waals surface area contributed by atoms with Gasteiger partial charge in [0.15, 0.2) is 11.5 Å². The Labute approximate surface area is 209 Å². The summed E-state index contributed by atoms with van der Waals surface area (Å²) in [5.74, 6) is -0.899. The van der Waals surface area contributed by atoms with Crippen molar-refractivity contribution < 1.29 is 26.7 Å². The quantitative estimate of drug-likeness (QED) is 0.190. The Balaban J connectivity index is 0.000000224. The molecule has 2 aliphatic heterocycles. The molecule has 35 heavy (non-hydrogen) atoms. The van der Waals surface area contributed by atoms with Gasteiger partial charge in [-0.1, -0.05) is 0 Å². The Hall–Kier alpha value is -4.46. The monoisotopic (exact) mass is 503 g/mol. The Morgan fingerprint density at radius 3 is 1.51 bits per heavy atom. The van der Waals surface area contributed by atoms with E-state index in [0.717, 1.165) is 63.1 Å². The van der Waals surface area contributed by atoms with Crippen LogP contribution < -0.4 is 0 Å². The van der Waals surface area contributed by atoms with Crippen molar-refractivity contribution in [2.24, 2.45) is 5.18 Å². The second-order valence-corrected chi connectivity index (χ2v) is 7.63. The average Bonchev–Trinajstić information content (AvgIpc) is 3.62. The van der Waals surface area contributed by atoms with Crippen LogP contribution in [0.2, 0.25) is 0 Å². The Bertz CT molecular complexity index is 1530. The molecule has 3 aromatic heterocycles. The predicted molar refractivity (Wildman–Crippen MR) is 132 cm³/mol. The number of hydrogen-bond donors (Lipinski definition) is 2. The number of aromatic amines is 2. The van der Waals surface area contributed by atoms with Gasteiger partial charge >= 0.3 is 0 Å². The summed E-state index contributed by atoms with van der Waals surface area (Å²) in [4.78, 5) is 46.8. The zero-order valence-electron chi connectivity index (χ0n) is 18.1. The number of hydrogen-bond acceptors (Lipinski definition) is 6. The maximum atomic E-state index is 10.6. The molecule has 0 radical (unpaired) electrons. The zero-order valence-corrected chi connectivity index (χ0v) is 19.2. The van der Waals surface area contributed by atoms with Crippen LogP contribution in [0.5, 0.6) is 0 Å². The van der Waals surface area contributed by atoms with Gasteiger partial charge in [-0.15, -0.1) is 4.91 Å². The molecular formula is C26H17FeN5O3. The van der Waals surface area contributed by atoms with Crippen LogP contribution in [0.15, 0.2) is 77.6 Å². The van der Waals surface area contributed by atoms with E-state index < -0.39 is 5.78 Å². The van der Waals surface area contributed by atoms with Crippen molar-refractivity contribution in [3.63, 3.8) is 0 Å². The van der Waals surface area contributed by atoms with Crippen LogP contribution in [0.25, 0.3) is 46.4 Å². The summed E-state index contributed by atoms with van der Waals surface area (Å²) in [6.07, 6.45) is 11.1. The molecule has 0 fully saturated rings. The summed E-state index contributed by atoms with van der Waals surface area (Å²) in [6.45, 7) is 0. The summed E-state index contributed by atoms with van der Waals surface area (Å²) in [7, 11) is 0. The number of nitrogens with one attached hydrogen (secondary N) is 2. The minimum Gasteiger partial charge on any atom is -0.355 e. The molecule has 0 spiro atoms. The summed E-state index contributed by atoms with van der Waals surface area (Å²) in [5.41, 5.74) is 7.53. The standard InChI is InChI=1S/C20H14N4.C6H3NO3.Fe/c1-2-14-10-16-5-6-18(23-16)12-20-8-7-19(24-20)11-17-4-3-15(22-17)9-13(1)21-14;8-4-1-2-6(9)5(3-4)7-10;/h1-12,21-22H;1-3H;. The number of nitrogens with zero attached hydrogens (tertiary/aromatic N) is 3. The van der Waals surface area contributed by atoms with Gasteiger partial charge in [-0.2, -0.15) is 0 Å². The van der Waals surface area contributed by atoms with E-state index in [0.29, 0.717) is 0 Å². The van der Waals surface area contributed by atoms with E-state index in [1.165, 1.54) is 0 Å². The summed E-state index contributed by atoms with van der Waals surface area (Å²) < 4.78 is 0. The van der Waals surface area contributed by atoms with E-state index in [1.807, 2.05) is 42.5 Å². The smallest absolute Gasteiger partial charge is 0.208 e. The van der Waals surface area contributed by atoms with Crippen LogP contribution >= 0.6 is 0 Å². The topological polar surface area (TPSA) is 121 Å². The second kappa shape index (κ2) is 10.2. The minimum atomic E-state index is -0.519. The molecule has 9 heteroatoms. The van der Waals surface area contributed by atoms with Crippen LogP contribution in [-0.4, -0.2) is 31.5 Å². The van der Waals surface area contributed by atoms with E-state index in [2.05, 4.69) is 55.4 Å². The molecular weight excluding hydrogens is 486 g/mol. The van der Waals surface area contributed by atoms with Crippen molar-refractivity contribution in [3.05, 3.63) is 100 Å². The van der Waals surface area contributed by atoms with Gasteiger partial charge in [0.05, 0.1) is 22.8 Å². The summed E-state index contributed by atoms with van der Waals surface area (Å²) in [5, 5.41) is 2.37. The zero-order chi connectivity index (χ0) is 23.5. The molecule has 0 aromatic carbocycles. The summed E-state index contributed by atoms with van der Waals surface area (Å²) >= 11 is 0. The van der Waals surface area contributed by atoms with Crippen LogP contribution in [0.1, 0.15) is 22.8 Å². The van der Waals surface area contributed by atoms with Gasteiger partial charge in [0.2, 0.25) is 5.78 Å². The predicted octanol–water partition coefficient (Wildman–Crippen LogP) is 5.00. The molecule has 2 N–H and O–H groups in total. The molecule has 1 aliphatic carbocycles. The first kappa shape index (κ1) is 23.7. The van der Waals surface area contributed by atoms with Crippen LogP contribution in [0, 0.1) is 4.91 Å². The fourth-order valence-electron chi connectivity index (χ4n) is 3.51. The second-order valence-electron chi connectivity index (χ2n) is 7.63. The minimum absolute atomic E-state index is 0. The van der Waals surface area contributed by atoms with Gasteiger partial charge in [-0.05, 0) is 90.2 Å². The molecule has 8 nitrogen and oxygen atoms in total. The molecule has 0 atom stereocenters. The van der Waals surface area contributed by atoms with Crippen molar-refractivity contribution in [3.8, 4) is 0 Å². The average molecular weight is 503 g/mol. The first-order valence-electron chi connectivity index (χ1n) is 10.4. The number of carbonyl (C=O) groups is 2. The number of aromatic nitrogens is 4. The van der Waals surface area contributed by atoms with Crippen LogP contribution in [0.3, 0.4) is 0 Å². The number of ketones is 2. The molecule has 6 rings (SSSR count). The Kier molecular flexibility index (Phi) is 6.91. The van der Waals surface area contributed by atoms with Gasteiger partial charge in [0.1, 0.15) is 0 Å². The fraction of sp³-hybridized carbons (Fsp3) is 0. The van der Waals surface area contributed by atoms with Gasteiger partial charge in [-0.3, -0.25) is 9.59 Å². The van der Waals surface area contributed by atoms with Crippen LogP contribution in [-0.2, 0) is 26.7 Å². The van der Waals surface area contributed by atoms with Gasteiger partial charge in [-0.25, -0.2) is 9.97 Å². The normalized spacial score (nSPS) is 13.5. The van der Waals surface area contributed by atoms with Gasteiger partial charge in [0, 0.05) is 45.2 Å². The first-order chi connectivity index (χ1) is 16.5. The summed E-state index contributed by atoms with van der Waals surface area (Å²) in [6, 6.07) is 16.4. The molecule has 0 amide bonds. The molecule has 0 saturated carbocycles. The molecule has 172 valence electrons. The molecule has 0 saturated heterocycles. The number of allylic oxidation sites excluding steroid dienone is 3. The SMILES string of the molecule is C1=Cc2cc3ccc(cc4ccc(cc5nc(cc1n2)C=C5)[nH]4)[nH]3.O=NC1=CC(=O)C=CC1=O.[Fe]. The molecule has 0 unspecified atom stereocenters. The fourth-order valence-corrected chi connectivity index (χ4v) is 3.51. The number of carbonyl (C=O) groups excluding carboxylic acids is 2. The number of H-pyrrole nitrogens is 2. The van der Waals surface area contributed by atoms with Gasteiger partial charge in [0.25, 0.3) is 0 Å². The molecule has 3 aromatic rings. The van der Waals surface area contributed by atoms with E-state index in [9.17, 15) is 14.5 Å². The van der Waals surface area contributed by atoms with E-state index in [4.69, 9.17) is 0 Å². The van der Waals surface area contributed by atoms with Crippen molar-refractivity contribution in [2.75, 3.05) is 0 Å². The maximum absolute atomic E-state index is 10.6. The van der Waals surface area contributed by atoms with E-state index in [1.54, 1.807) is 0 Å². The third kappa shape index (κ3) is 5.73.